The van der Waals surface area contributed by atoms with E-state index in [1.165, 1.54) is 38.2 Å². The highest BCUT2D eigenvalue weighted by Crippen LogP contribution is 2.23. The van der Waals surface area contributed by atoms with Crippen molar-refractivity contribution >= 4 is 28.5 Å². The average Bonchev–Trinajstić information content (AvgIpc) is 2.40. The molecule has 0 radical (unpaired) electrons. The fourth-order valence-corrected chi connectivity index (χ4v) is 2.72. The van der Waals surface area contributed by atoms with Gasteiger partial charge in [-0.2, -0.15) is 0 Å². The number of aromatic hydroxyl groups is 1. The minimum Gasteiger partial charge on any atom is -0.507 e. The van der Waals surface area contributed by atoms with Gasteiger partial charge >= 0.3 is 0 Å². The second-order valence-electron chi connectivity index (χ2n) is 4.88. The van der Waals surface area contributed by atoms with Gasteiger partial charge in [0.1, 0.15) is 5.75 Å². The van der Waals surface area contributed by atoms with Gasteiger partial charge in [0, 0.05) is 12.1 Å². The molecular weight excluding hydrogens is 341 g/mol. The molecule has 1 aliphatic carbocycles. The number of phenols is 1. The zero-order chi connectivity index (χ0) is 13.0. The van der Waals surface area contributed by atoms with E-state index in [-0.39, 0.29) is 11.7 Å². The molecule has 2 rings (SSSR count). The number of phenolic OH excluding ortho intramolecular Hbond substituents is 1. The smallest absolute Gasteiger partial charge is 0.251 e. The van der Waals surface area contributed by atoms with Crippen LogP contribution in [-0.4, -0.2) is 17.6 Å². The van der Waals surface area contributed by atoms with Gasteiger partial charge in [-0.15, -0.1) is 0 Å². The summed E-state index contributed by atoms with van der Waals surface area (Å²) in [7, 11) is 0. The molecule has 1 aromatic rings. The van der Waals surface area contributed by atoms with Crippen molar-refractivity contribution in [3.8, 4) is 5.75 Å². The van der Waals surface area contributed by atoms with Crippen LogP contribution in [0.1, 0.15) is 42.5 Å². The molecule has 3 nitrogen and oxygen atoms in total. The van der Waals surface area contributed by atoms with Crippen LogP contribution < -0.4 is 5.32 Å². The molecule has 0 spiro atoms. The van der Waals surface area contributed by atoms with Crippen molar-refractivity contribution < 1.29 is 9.90 Å². The van der Waals surface area contributed by atoms with E-state index in [1.54, 1.807) is 12.1 Å². The third-order valence-corrected chi connectivity index (χ3v) is 4.40. The lowest BCUT2D eigenvalue weighted by Crippen LogP contribution is -2.30. The summed E-state index contributed by atoms with van der Waals surface area (Å²) in [4.78, 5) is 11.9. The maximum atomic E-state index is 11.9. The van der Waals surface area contributed by atoms with Crippen LogP contribution >= 0.6 is 22.6 Å². The normalized spacial score (nSPS) is 16.5. The molecule has 18 heavy (non-hydrogen) atoms. The van der Waals surface area contributed by atoms with Crippen molar-refractivity contribution in [2.45, 2.75) is 32.1 Å². The first kappa shape index (κ1) is 13.6. The number of carbonyl (C=O) groups excluding carboxylic acids is 1. The number of carbonyl (C=O) groups is 1. The quantitative estimate of drug-likeness (QED) is 0.814. The summed E-state index contributed by atoms with van der Waals surface area (Å²) in [5, 5.41) is 12.5. The Bertz CT molecular complexity index is 428. The lowest BCUT2D eigenvalue weighted by molar-refractivity contribution is 0.0943. The van der Waals surface area contributed by atoms with E-state index in [9.17, 15) is 9.90 Å². The topological polar surface area (TPSA) is 49.3 Å². The Morgan fingerprint density at radius 3 is 2.72 bits per heavy atom. The second kappa shape index (κ2) is 6.41. The Hall–Kier alpha value is -0.780. The number of halogens is 1. The first-order chi connectivity index (χ1) is 8.66. The number of hydrogen-bond acceptors (Lipinski definition) is 2. The van der Waals surface area contributed by atoms with Crippen LogP contribution in [0.3, 0.4) is 0 Å². The van der Waals surface area contributed by atoms with Gasteiger partial charge in [0.15, 0.2) is 0 Å². The Labute approximate surface area is 121 Å². The van der Waals surface area contributed by atoms with Gasteiger partial charge in [0.05, 0.1) is 3.57 Å². The van der Waals surface area contributed by atoms with Gasteiger partial charge < -0.3 is 10.4 Å². The van der Waals surface area contributed by atoms with Crippen LogP contribution in [-0.2, 0) is 0 Å². The Balaban J connectivity index is 1.88. The highest BCUT2D eigenvalue weighted by atomic mass is 127. The minimum atomic E-state index is -0.0905. The number of nitrogens with one attached hydrogen (secondary N) is 1. The minimum absolute atomic E-state index is 0.0905. The Morgan fingerprint density at radius 2 is 2.06 bits per heavy atom. The zero-order valence-electron chi connectivity index (χ0n) is 10.3. The first-order valence-corrected chi connectivity index (χ1v) is 7.51. The second-order valence-corrected chi connectivity index (χ2v) is 6.04. The summed E-state index contributed by atoms with van der Waals surface area (Å²) in [6.45, 7) is 0.756. The molecule has 0 aliphatic heterocycles. The number of benzene rings is 1. The molecular formula is C14H18INO2. The van der Waals surface area contributed by atoms with E-state index in [1.807, 2.05) is 22.6 Å². The SMILES string of the molecule is O=C(NCC1CCCCC1)c1ccc(I)c(O)c1. The molecule has 0 atom stereocenters. The van der Waals surface area contributed by atoms with Crippen molar-refractivity contribution in [2.75, 3.05) is 6.54 Å². The van der Waals surface area contributed by atoms with E-state index in [0.717, 1.165) is 10.1 Å². The van der Waals surface area contributed by atoms with E-state index >= 15 is 0 Å². The molecule has 1 saturated carbocycles. The molecule has 4 heteroatoms. The van der Waals surface area contributed by atoms with Crippen molar-refractivity contribution in [1.82, 2.24) is 5.32 Å². The predicted octanol–water partition coefficient (Wildman–Crippen LogP) is 3.31. The highest BCUT2D eigenvalue weighted by molar-refractivity contribution is 14.1. The zero-order valence-corrected chi connectivity index (χ0v) is 12.4. The van der Waals surface area contributed by atoms with Gasteiger partial charge in [-0.05, 0) is 59.5 Å². The molecule has 0 bridgehead atoms. The monoisotopic (exact) mass is 359 g/mol. The summed E-state index contributed by atoms with van der Waals surface area (Å²) in [6, 6.07) is 5.03. The van der Waals surface area contributed by atoms with Crippen LogP contribution in [0.2, 0.25) is 0 Å². The Morgan fingerprint density at radius 1 is 1.33 bits per heavy atom. The third-order valence-electron chi connectivity index (χ3n) is 3.48. The van der Waals surface area contributed by atoms with E-state index in [0.29, 0.717) is 11.5 Å². The van der Waals surface area contributed by atoms with Crippen LogP contribution in [0.15, 0.2) is 18.2 Å². The van der Waals surface area contributed by atoms with Crippen molar-refractivity contribution in [2.24, 2.45) is 5.92 Å². The molecule has 0 aromatic heterocycles. The molecule has 1 aromatic carbocycles. The van der Waals surface area contributed by atoms with Gasteiger partial charge in [-0.25, -0.2) is 0 Å². The maximum absolute atomic E-state index is 11.9. The summed E-state index contributed by atoms with van der Waals surface area (Å²) in [5.41, 5.74) is 0.531. The average molecular weight is 359 g/mol. The lowest BCUT2D eigenvalue weighted by atomic mass is 9.89. The van der Waals surface area contributed by atoms with Crippen LogP contribution in [0.5, 0.6) is 5.75 Å². The molecule has 1 amide bonds. The van der Waals surface area contributed by atoms with Crippen molar-refractivity contribution in [3.63, 3.8) is 0 Å². The molecule has 0 unspecified atom stereocenters. The predicted molar refractivity (Wildman–Crippen MR) is 79.7 cm³/mol. The standard InChI is InChI=1S/C14H18INO2/c15-12-7-6-11(8-13(12)17)14(18)16-9-10-4-2-1-3-5-10/h6-8,10,17H,1-5,9H2,(H,16,18). The van der Waals surface area contributed by atoms with Crippen molar-refractivity contribution in [1.29, 1.82) is 0 Å². The van der Waals surface area contributed by atoms with E-state index in [4.69, 9.17) is 0 Å². The Kier molecular flexibility index (Phi) is 4.86. The summed E-state index contributed by atoms with van der Waals surface area (Å²) >= 11 is 2.04. The van der Waals surface area contributed by atoms with Crippen molar-refractivity contribution in [3.05, 3.63) is 27.3 Å². The summed E-state index contributed by atoms with van der Waals surface area (Å²) in [5.74, 6) is 0.702. The molecule has 0 heterocycles. The number of hydrogen-bond donors (Lipinski definition) is 2. The fraction of sp³-hybridized carbons (Fsp3) is 0.500. The van der Waals surface area contributed by atoms with Gasteiger partial charge in [-0.3, -0.25) is 4.79 Å². The first-order valence-electron chi connectivity index (χ1n) is 6.43. The molecule has 1 aliphatic rings. The van der Waals surface area contributed by atoms with Gasteiger partial charge in [0.2, 0.25) is 0 Å². The van der Waals surface area contributed by atoms with Crippen LogP contribution in [0, 0.1) is 9.49 Å². The molecule has 2 N–H and O–H groups in total. The third kappa shape index (κ3) is 3.60. The maximum Gasteiger partial charge on any atom is 0.251 e. The molecule has 0 saturated heterocycles. The van der Waals surface area contributed by atoms with E-state index < -0.39 is 0 Å². The van der Waals surface area contributed by atoms with Gasteiger partial charge in [-0.1, -0.05) is 19.3 Å². The molecule has 1 fully saturated rings. The van der Waals surface area contributed by atoms with Crippen LogP contribution in [0.4, 0.5) is 0 Å². The van der Waals surface area contributed by atoms with Crippen LogP contribution in [0.25, 0.3) is 0 Å². The van der Waals surface area contributed by atoms with Gasteiger partial charge in [0.25, 0.3) is 5.91 Å². The fourth-order valence-electron chi connectivity index (χ4n) is 2.38. The largest absolute Gasteiger partial charge is 0.507 e. The molecule has 98 valence electrons. The number of rotatable bonds is 3. The summed E-state index contributed by atoms with van der Waals surface area (Å²) in [6.07, 6.45) is 6.33. The van der Waals surface area contributed by atoms with E-state index in [2.05, 4.69) is 5.32 Å². The number of amides is 1. The highest BCUT2D eigenvalue weighted by Gasteiger charge is 2.15. The lowest BCUT2D eigenvalue weighted by Gasteiger charge is -2.21. The summed E-state index contributed by atoms with van der Waals surface area (Å²) < 4.78 is 0.761.